The summed E-state index contributed by atoms with van der Waals surface area (Å²) in [5.41, 5.74) is 5.85. The number of benzene rings is 1. The fraction of sp³-hybridized carbons (Fsp3) is 0.600. The largest absolute Gasteiger partial charge is 0.458 e. The van der Waals surface area contributed by atoms with Gasteiger partial charge < -0.3 is 20.5 Å². The number of rotatable bonds is 7. The van der Waals surface area contributed by atoms with Crippen LogP contribution in [0, 0.1) is 0 Å². The molecule has 0 fully saturated rings. The van der Waals surface area contributed by atoms with Gasteiger partial charge in [0.25, 0.3) is 0 Å². The third kappa shape index (κ3) is 8.97. The van der Waals surface area contributed by atoms with Crippen LogP contribution in [-0.2, 0) is 25.5 Å². The molecule has 0 unspecified atom stereocenters. The fourth-order valence-corrected chi connectivity index (χ4v) is 2.11. The molecule has 0 aliphatic heterocycles. The summed E-state index contributed by atoms with van der Waals surface area (Å²) in [4.78, 5) is 24.9. The van der Waals surface area contributed by atoms with Crippen molar-refractivity contribution in [1.82, 2.24) is 5.32 Å². The standard InChI is InChI=1S/C20H32N2O4/c1-19(2,3)25-13-16(18(24)26-20(4,5)6)22-17(23)15(21)12-14-10-8-7-9-11-14/h7-11,15-16H,12-13,21H2,1-6H3,(H,22,23)/t15-,16-/m0/s1. The zero-order chi connectivity index (χ0) is 20.0. The van der Waals surface area contributed by atoms with Crippen LogP contribution in [0.4, 0.5) is 0 Å². The molecule has 0 aromatic heterocycles. The average molecular weight is 364 g/mol. The highest BCUT2D eigenvalue weighted by Gasteiger charge is 2.30. The quantitative estimate of drug-likeness (QED) is 0.724. The maximum absolute atomic E-state index is 12.5. The number of ether oxygens (including phenoxy) is 2. The van der Waals surface area contributed by atoms with Crippen LogP contribution in [0.3, 0.4) is 0 Å². The average Bonchev–Trinajstić information content (AvgIpc) is 2.49. The summed E-state index contributed by atoms with van der Waals surface area (Å²) in [6.07, 6.45) is 0.383. The van der Waals surface area contributed by atoms with E-state index in [2.05, 4.69) is 5.32 Å². The third-order valence-corrected chi connectivity index (χ3v) is 3.33. The fourth-order valence-electron chi connectivity index (χ4n) is 2.11. The van der Waals surface area contributed by atoms with Crippen LogP contribution in [-0.4, -0.2) is 41.8 Å². The zero-order valence-corrected chi connectivity index (χ0v) is 16.7. The number of amides is 1. The number of carbonyl (C=O) groups excluding carboxylic acids is 2. The summed E-state index contributed by atoms with van der Waals surface area (Å²) in [6, 6.07) is 7.81. The number of hydrogen-bond acceptors (Lipinski definition) is 5. The number of hydrogen-bond donors (Lipinski definition) is 2. The summed E-state index contributed by atoms with van der Waals surface area (Å²) in [7, 11) is 0. The molecule has 0 spiro atoms. The van der Waals surface area contributed by atoms with Crippen molar-refractivity contribution in [3.8, 4) is 0 Å². The predicted octanol–water partition coefficient (Wildman–Crippen LogP) is 2.20. The van der Waals surface area contributed by atoms with Gasteiger partial charge in [-0.05, 0) is 53.5 Å². The Balaban J connectivity index is 2.75. The third-order valence-electron chi connectivity index (χ3n) is 3.33. The van der Waals surface area contributed by atoms with Crippen LogP contribution in [0.5, 0.6) is 0 Å². The summed E-state index contributed by atoms with van der Waals surface area (Å²) in [6.45, 7) is 11.0. The van der Waals surface area contributed by atoms with Gasteiger partial charge in [0.05, 0.1) is 18.2 Å². The van der Waals surface area contributed by atoms with E-state index >= 15 is 0 Å². The summed E-state index contributed by atoms with van der Waals surface area (Å²) in [5.74, 6) is -0.954. The SMILES string of the molecule is CC(C)(C)OC[C@H](NC(=O)[C@@H](N)Cc1ccccc1)C(=O)OC(C)(C)C. The summed E-state index contributed by atoms with van der Waals surface area (Å²) < 4.78 is 11.1. The lowest BCUT2D eigenvalue weighted by molar-refractivity contribution is -0.162. The highest BCUT2D eigenvalue weighted by atomic mass is 16.6. The predicted molar refractivity (Wildman–Crippen MR) is 102 cm³/mol. The van der Waals surface area contributed by atoms with Crippen molar-refractivity contribution in [2.45, 2.75) is 71.2 Å². The van der Waals surface area contributed by atoms with Crippen molar-refractivity contribution in [2.24, 2.45) is 5.73 Å². The van der Waals surface area contributed by atoms with E-state index in [-0.39, 0.29) is 6.61 Å². The van der Waals surface area contributed by atoms with Crippen LogP contribution >= 0.6 is 0 Å². The van der Waals surface area contributed by atoms with Crippen LogP contribution < -0.4 is 11.1 Å². The van der Waals surface area contributed by atoms with E-state index in [1.807, 2.05) is 51.1 Å². The zero-order valence-electron chi connectivity index (χ0n) is 16.7. The molecule has 2 atom stereocenters. The molecular weight excluding hydrogens is 332 g/mol. The van der Waals surface area contributed by atoms with E-state index in [0.717, 1.165) is 5.56 Å². The van der Waals surface area contributed by atoms with Crippen molar-refractivity contribution in [3.05, 3.63) is 35.9 Å². The Hall–Kier alpha value is -1.92. The summed E-state index contributed by atoms with van der Waals surface area (Å²) >= 11 is 0. The van der Waals surface area contributed by atoms with Crippen molar-refractivity contribution in [3.63, 3.8) is 0 Å². The van der Waals surface area contributed by atoms with E-state index < -0.39 is 35.2 Å². The second-order valence-electron chi connectivity index (χ2n) is 8.31. The van der Waals surface area contributed by atoms with Crippen LogP contribution in [0.2, 0.25) is 0 Å². The van der Waals surface area contributed by atoms with E-state index in [9.17, 15) is 9.59 Å². The first kappa shape index (κ1) is 22.1. The Bertz CT molecular complexity index is 588. The van der Waals surface area contributed by atoms with Crippen molar-refractivity contribution >= 4 is 11.9 Å². The van der Waals surface area contributed by atoms with Gasteiger partial charge in [0.2, 0.25) is 5.91 Å². The first-order valence-electron chi connectivity index (χ1n) is 8.84. The molecule has 6 heteroatoms. The monoisotopic (exact) mass is 364 g/mol. The van der Waals surface area contributed by atoms with Gasteiger partial charge in [-0.1, -0.05) is 30.3 Å². The molecule has 0 heterocycles. The molecule has 1 aromatic rings. The molecule has 6 nitrogen and oxygen atoms in total. The maximum atomic E-state index is 12.5. The number of nitrogens with two attached hydrogens (primary N) is 1. The molecule has 0 radical (unpaired) electrons. The van der Waals surface area contributed by atoms with Crippen molar-refractivity contribution < 1.29 is 19.1 Å². The van der Waals surface area contributed by atoms with Crippen LogP contribution in [0.25, 0.3) is 0 Å². The molecule has 26 heavy (non-hydrogen) atoms. The highest BCUT2D eigenvalue weighted by Crippen LogP contribution is 2.12. The lowest BCUT2D eigenvalue weighted by Gasteiger charge is -2.28. The second-order valence-corrected chi connectivity index (χ2v) is 8.31. The van der Waals surface area contributed by atoms with E-state index in [1.165, 1.54) is 0 Å². The minimum Gasteiger partial charge on any atom is -0.458 e. The molecule has 1 rings (SSSR count). The summed E-state index contributed by atoms with van der Waals surface area (Å²) in [5, 5.41) is 2.67. The molecule has 146 valence electrons. The topological polar surface area (TPSA) is 90.6 Å². The van der Waals surface area contributed by atoms with E-state index in [1.54, 1.807) is 20.8 Å². The van der Waals surface area contributed by atoms with Gasteiger partial charge in [-0.25, -0.2) is 4.79 Å². The molecule has 0 saturated carbocycles. The van der Waals surface area contributed by atoms with Crippen molar-refractivity contribution in [2.75, 3.05) is 6.61 Å². The molecule has 0 saturated heterocycles. The first-order valence-corrected chi connectivity index (χ1v) is 8.84. The number of esters is 1. The Morgan fingerprint density at radius 2 is 1.62 bits per heavy atom. The maximum Gasteiger partial charge on any atom is 0.331 e. The van der Waals surface area contributed by atoms with Gasteiger partial charge in [0.1, 0.15) is 5.60 Å². The Kier molecular flexibility index (Phi) is 7.78. The Labute approximate surface area is 156 Å². The smallest absolute Gasteiger partial charge is 0.331 e. The molecular formula is C20H32N2O4. The molecule has 0 bridgehead atoms. The minimum absolute atomic E-state index is 0.0161. The van der Waals surface area contributed by atoms with Gasteiger partial charge in [-0.3, -0.25) is 4.79 Å². The Morgan fingerprint density at radius 1 is 1.04 bits per heavy atom. The molecule has 1 aromatic carbocycles. The Morgan fingerprint density at radius 3 is 2.12 bits per heavy atom. The van der Waals surface area contributed by atoms with Crippen LogP contribution in [0.15, 0.2) is 30.3 Å². The van der Waals surface area contributed by atoms with E-state index in [4.69, 9.17) is 15.2 Å². The van der Waals surface area contributed by atoms with Gasteiger partial charge >= 0.3 is 5.97 Å². The molecule has 3 N–H and O–H groups in total. The van der Waals surface area contributed by atoms with Crippen molar-refractivity contribution in [1.29, 1.82) is 0 Å². The van der Waals surface area contributed by atoms with Crippen LogP contribution in [0.1, 0.15) is 47.1 Å². The van der Waals surface area contributed by atoms with Gasteiger partial charge in [-0.15, -0.1) is 0 Å². The second kappa shape index (κ2) is 9.14. The lowest BCUT2D eigenvalue weighted by atomic mass is 10.1. The number of carbonyl (C=O) groups is 2. The first-order chi connectivity index (χ1) is 11.9. The molecule has 1 amide bonds. The minimum atomic E-state index is -0.914. The van der Waals surface area contributed by atoms with Gasteiger partial charge in [0.15, 0.2) is 6.04 Å². The van der Waals surface area contributed by atoms with E-state index in [0.29, 0.717) is 6.42 Å². The highest BCUT2D eigenvalue weighted by molar-refractivity contribution is 5.87. The molecule has 0 aliphatic carbocycles. The van der Waals surface area contributed by atoms with Gasteiger partial charge in [-0.2, -0.15) is 0 Å². The number of nitrogens with one attached hydrogen (secondary N) is 1. The van der Waals surface area contributed by atoms with Gasteiger partial charge in [0, 0.05) is 0 Å². The normalized spacial score (nSPS) is 14.4. The lowest BCUT2D eigenvalue weighted by Crippen LogP contribution is -2.53. The molecule has 0 aliphatic rings.